The van der Waals surface area contributed by atoms with Crippen LogP contribution in [-0.4, -0.2) is 59.3 Å². The maximum atomic E-state index is 12.6. The lowest BCUT2D eigenvalue weighted by Crippen LogP contribution is -2.45. The van der Waals surface area contributed by atoms with Crippen LogP contribution in [0.2, 0.25) is 0 Å². The van der Waals surface area contributed by atoms with E-state index >= 15 is 0 Å². The monoisotopic (exact) mass is 668 g/mol. The molecule has 2 rings (SSSR count). The molecule has 0 spiro atoms. The molecule has 10 heteroatoms. The molecule has 0 radical (unpaired) electrons. The Hall–Kier alpha value is -4.08. The van der Waals surface area contributed by atoms with Crippen LogP contribution < -0.4 is 10.6 Å². The van der Waals surface area contributed by atoms with Crippen LogP contribution in [0.15, 0.2) is 24.3 Å². The molecule has 2 amide bonds. The molecule has 0 aliphatic heterocycles. The van der Waals surface area contributed by atoms with Crippen molar-refractivity contribution in [3.63, 3.8) is 0 Å². The Morgan fingerprint density at radius 2 is 0.979 bits per heavy atom. The molecule has 0 fully saturated rings. The molecule has 0 bridgehead atoms. The maximum Gasteiger partial charge on any atom is 0.309 e. The minimum Gasteiger partial charge on any atom is -0.507 e. The molecule has 10 nitrogen and oxygen atoms in total. The van der Waals surface area contributed by atoms with E-state index in [1.807, 2.05) is 93.5 Å². The van der Waals surface area contributed by atoms with Gasteiger partial charge in [-0.15, -0.1) is 0 Å². The molecular formula is C38H56N2O8. The Balaban J connectivity index is 1.80. The van der Waals surface area contributed by atoms with Gasteiger partial charge < -0.3 is 30.3 Å². The highest BCUT2D eigenvalue weighted by Gasteiger charge is 2.23. The highest BCUT2D eigenvalue weighted by atomic mass is 16.5. The van der Waals surface area contributed by atoms with Gasteiger partial charge in [0.05, 0.1) is 13.1 Å². The normalized spacial score (nSPS) is 13.0. The number of rotatable bonds is 14. The maximum absolute atomic E-state index is 12.6. The summed E-state index contributed by atoms with van der Waals surface area (Å²) >= 11 is 0. The van der Waals surface area contributed by atoms with Crippen LogP contribution >= 0.6 is 0 Å². The van der Waals surface area contributed by atoms with Crippen molar-refractivity contribution in [1.82, 2.24) is 10.6 Å². The van der Waals surface area contributed by atoms with Crippen LogP contribution in [0.4, 0.5) is 0 Å². The smallest absolute Gasteiger partial charge is 0.309 e. The van der Waals surface area contributed by atoms with Gasteiger partial charge in [-0.1, -0.05) is 79.7 Å². The van der Waals surface area contributed by atoms with Crippen molar-refractivity contribution in [2.45, 2.75) is 131 Å². The fraction of sp³-hybridized carbons (Fsp3) is 0.579. The third kappa shape index (κ3) is 12.2. The van der Waals surface area contributed by atoms with E-state index in [-0.39, 0.29) is 48.3 Å². The Morgan fingerprint density at radius 3 is 1.27 bits per heavy atom. The molecule has 0 saturated heterocycles. The van der Waals surface area contributed by atoms with Gasteiger partial charge in [0, 0.05) is 12.8 Å². The fourth-order valence-electron chi connectivity index (χ4n) is 5.24. The third-order valence-corrected chi connectivity index (χ3v) is 8.27. The predicted molar refractivity (Wildman–Crippen MR) is 186 cm³/mol. The number of nitrogens with one attached hydrogen (secondary N) is 2. The number of hydrogen-bond acceptors (Lipinski definition) is 8. The Labute approximate surface area is 286 Å². The van der Waals surface area contributed by atoms with E-state index < -0.39 is 36.0 Å². The first kappa shape index (κ1) is 40.1. The van der Waals surface area contributed by atoms with Crippen LogP contribution in [0.5, 0.6) is 11.5 Å². The van der Waals surface area contributed by atoms with Crippen LogP contribution in [0, 0.1) is 13.8 Å². The number of hydrogen-bond donors (Lipinski definition) is 4. The summed E-state index contributed by atoms with van der Waals surface area (Å²) in [5.41, 5.74) is 4.46. The molecule has 2 atom stereocenters. The zero-order chi connectivity index (χ0) is 36.4. The lowest BCUT2D eigenvalue weighted by molar-refractivity contribution is -0.151. The van der Waals surface area contributed by atoms with Crippen molar-refractivity contribution in [2.75, 3.05) is 13.1 Å². The van der Waals surface area contributed by atoms with E-state index in [9.17, 15) is 29.4 Å². The Morgan fingerprint density at radius 1 is 0.646 bits per heavy atom. The summed E-state index contributed by atoms with van der Waals surface area (Å²) < 4.78 is 11.1. The van der Waals surface area contributed by atoms with Gasteiger partial charge in [-0.05, 0) is 83.7 Å². The van der Waals surface area contributed by atoms with Gasteiger partial charge in [0.2, 0.25) is 0 Å². The molecule has 0 heterocycles. The zero-order valence-electron chi connectivity index (χ0n) is 30.5. The van der Waals surface area contributed by atoms with E-state index in [4.69, 9.17) is 9.47 Å². The molecule has 2 aromatic rings. The molecule has 0 aliphatic rings. The van der Waals surface area contributed by atoms with Crippen molar-refractivity contribution in [1.29, 1.82) is 0 Å². The van der Waals surface area contributed by atoms with Crippen LogP contribution in [0.1, 0.15) is 114 Å². The third-order valence-electron chi connectivity index (χ3n) is 8.27. The van der Waals surface area contributed by atoms with E-state index in [0.717, 1.165) is 33.4 Å². The lowest BCUT2D eigenvalue weighted by atomic mass is 9.83. The second-order valence-corrected chi connectivity index (χ2v) is 14.6. The molecule has 0 aliphatic carbocycles. The van der Waals surface area contributed by atoms with Crippen molar-refractivity contribution in [3.8, 4) is 11.5 Å². The van der Waals surface area contributed by atoms with Gasteiger partial charge in [0.15, 0.2) is 0 Å². The topological polar surface area (TPSA) is 151 Å². The summed E-state index contributed by atoms with van der Waals surface area (Å²) in [4.78, 5) is 50.1. The number of amides is 2. The summed E-state index contributed by atoms with van der Waals surface area (Å²) in [6.07, 6.45) is 0.789. The van der Waals surface area contributed by atoms with Crippen molar-refractivity contribution >= 4 is 23.8 Å². The first-order chi connectivity index (χ1) is 22.3. The van der Waals surface area contributed by atoms with Gasteiger partial charge in [-0.3, -0.25) is 19.2 Å². The number of carbonyl (C=O) groups excluding carboxylic acids is 4. The number of esters is 2. The quantitative estimate of drug-likeness (QED) is 0.147. The Bertz CT molecular complexity index is 1340. The largest absolute Gasteiger partial charge is 0.507 e. The van der Waals surface area contributed by atoms with Crippen molar-refractivity contribution < 1.29 is 38.9 Å². The lowest BCUT2D eigenvalue weighted by Gasteiger charge is -2.23. The average Bonchev–Trinajstić information content (AvgIpc) is 3.00. The van der Waals surface area contributed by atoms with E-state index in [0.29, 0.717) is 25.7 Å². The zero-order valence-corrected chi connectivity index (χ0v) is 30.5. The number of aryl methyl sites for hydroxylation is 4. The predicted octanol–water partition coefficient (Wildman–Crippen LogP) is 5.75. The fourth-order valence-corrected chi connectivity index (χ4v) is 5.24. The number of aromatic hydroxyl groups is 2. The molecule has 0 saturated carbocycles. The number of phenolic OH excluding ortho intramolecular Hbond substituents is 2. The minimum atomic E-state index is -0.877. The molecule has 266 valence electrons. The van der Waals surface area contributed by atoms with Crippen molar-refractivity contribution in [3.05, 3.63) is 57.6 Å². The first-order valence-electron chi connectivity index (χ1n) is 16.9. The van der Waals surface area contributed by atoms with Gasteiger partial charge in [0.25, 0.3) is 0 Å². The second-order valence-electron chi connectivity index (χ2n) is 14.6. The minimum absolute atomic E-state index is 0.0269. The number of carbonyl (C=O) groups is 4. The number of phenols is 2. The number of benzene rings is 2. The average molecular weight is 669 g/mol. The second kappa shape index (κ2) is 17.4. The van der Waals surface area contributed by atoms with E-state index in [1.54, 1.807) is 0 Å². The first-order valence-corrected chi connectivity index (χ1v) is 16.9. The molecule has 2 aromatic carbocycles. The Kier molecular flexibility index (Phi) is 14.5. The summed E-state index contributed by atoms with van der Waals surface area (Å²) in [7, 11) is 0. The van der Waals surface area contributed by atoms with Gasteiger partial charge >= 0.3 is 23.8 Å². The van der Waals surface area contributed by atoms with Crippen LogP contribution in [-0.2, 0) is 52.3 Å². The number of ether oxygens (including phenoxy) is 2. The molecule has 48 heavy (non-hydrogen) atoms. The van der Waals surface area contributed by atoms with Crippen molar-refractivity contribution in [2.24, 2.45) is 0 Å². The molecule has 4 N–H and O–H groups in total. The van der Waals surface area contributed by atoms with Gasteiger partial charge in [-0.2, -0.15) is 0 Å². The summed E-state index contributed by atoms with van der Waals surface area (Å²) in [5.74, 6) is -2.08. The summed E-state index contributed by atoms with van der Waals surface area (Å²) in [6.45, 7) is 19.3. The van der Waals surface area contributed by atoms with Gasteiger partial charge in [0.1, 0.15) is 23.7 Å². The van der Waals surface area contributed by atoms with E-state index in [2.05, 4.69) is 10.6 Å². The highest BCUT2D eigenvalue weighted by Crippen LogP contribution is 2.35. The van der Waals surface area contributed by atoms with Crippen LogP contribution in [0.3, 0.4) is 0 Å². The van der Waals surface area contributed by atoms with Crippen LogP contribution in [0.25, 0.3) is 0 Å². The molecule has 0 aromatic heterocycles. The summed E-state index contributed by atoms with van der Waals surface area (Å²) in [5, 5.41) is 25.9. The standard InChI is InChI=1S/C38H56N2O8/c1-11-27(47-31(41)15-13-25-17-23(3)33(43)29(19-25)37(5,6)7)21-39-35(45)36(46)40-22-28(12-2)48-32(42)16-14-26-18-24(4)34(44)30(20-26)38(8,9)10/h17-20,27-28,43-44H,11-16,21-22H2,1-10H3,(H,39,45)(H,40,46). The van der Waals surface area contributed by atoms with E-state index in [1.165, 1.54) is 0 Å². The van der Waals surface area contributed by atoms with Gasteiger partial charge in [-0.25, -0.2) is 0 Å². The molecule has 2 unspecified atom stereocenters. The summed E-state index contributed by atoms with van der Waals surface area (Å²) in [6, 6.07) is 7.55. The SMILES string of the molecule is CCC(CNC(=O)C(=O)NCC(CC)OC(=O)CCc1cc(C)c(O)c(C(C)(C)C)c1)OC(=O)CCc1cc(C)c(O)c(C(C)(C)C)c1. The molecular weight excluding hydrogens is 612 g/mol. The highest BCUT2D eigenvalue weighted by molar-refractivity contribution is 6.35.